The molecule has 36 heavy (non-hydrogen) atoms. The summed E-state index contributed by atoms with van der Waals surface area (Å²) in [6.45, 7) is 0.506. The molecule has 0 spiro atoms. The summed E-state index contributed by atoms with van der Waals surface area (Å²) in [4.78, 5) is 12.4. The number of fused-ring (bicyclic) bond motifs is 2. The molecule has 0 radical (unpaired) electrons. The van der Waals surface area contributed by atoms with E-state index >= 15 is 0 Å². The maximum absolute atomic E-state index is 12.2. The lowest BCUT2D eigenvalue weighted by Gasteiger charge is -2.15. The number of aliphatic hydroxyl groups is 1. The van der Waals surface area contributed by atoms with Crippen molar-refractivity contribution >= 4 is 32.6 Å². The predicted molar refractivity (Wildman–Crippen MR) is 133 cm³/mol. The summed E-state index contributed by atoms with van der Waals surface area (Å²) in [6.07, 6.45) is -0.612. The Kier molecular flexibility index (Phi) is 5.73. The van der Waals surface area contributed by atoms with E-state index in [9.17, 15) is 13.5 Å². The second kappa shape index (κ2) is 8.82. The monoisotopic (exact) mass is 527 g/mol. The molecule has 0 saturated carbocycles. The first-order valence-electron chi connectivity index (χ1n) is 11.3. The van der Waals surface area contributed by atoms with Gasteiger partial charge in [0.1, 0.15) is 18.3 Å². The van der Waals surface area contributed by atoms with Gasteiger partial charge in [0.25, 0.3) is 6.01 Å². The molecule has 0 aliphatic carbocycles. The molecule has 2 saturated heterocycles. The van der Waals surface area contributed by atoms with Crippen LogP contribution in [0.2, 0.25) is 5.02 Å². The molecule has 9 nitrogen and oxygen atoms in total. The van der Waals surface area contributed by atoms with Crippen molar-refractivity contribution in [2.75, 3.05) is 19.5 Å². The van der Waals surface area contributed by atoms with Crippen molar-refractivity contribution < 1.29 is 27.7 Å². The third kappa shape index (κ3) is 4.14. The van der Waals surface area contributed by atoms with Gasteiger partial charge in [-0.1, -0.05) is 54.1 Å². The fourth-order valence-corrected chi connectivity index (χ4v) is 5.85. The molecule has 2 aromatic heterocycles. The smallest absolute Gasteiger partial charge is 0.296 e. The van der Waals surface area contributed by atoms with Crippen molar-refractivity contribution in [1.82, 2.24) is 15.0 Å². The topological polar surface area (TPSA) is 124 Å². The van der Waals surface area contributed by atoms with Gasteiger partial charge < -0.3 is 24.3 Å². The first kappa shape index (κ1) is 23.4. The first-order valence-corrected chi connectivity index (χ1v) is 13.6. The average Bonchev–Trinajstić information content (AvgIpc) is 3.55. The molecule has 4 heterocycles. The number of aromatic nitrogens is 3. The number of nitrogens with zero attached hydrogens (tertiary/aromatic N) is 2. The summed E-state index contributed by atoms with van der Waals surface area (Å²) >= 11 is 6.55. The molecule has 11 heteroatoms. The zero-order valence-corrected chi connectivity index (χ0v) is 20.7. The summed E-state index contributed by atoms with van der Waals surface area (Å²) in [5, 5.41) is 10.3. The number of aliphatic hydroxyl groups excluding tert-OH is 1. The van der Waals surface area contributed by atoms with E-state index < -0.39 is 28.1 Å². The van der Waals surface area contributed by atoms with Crippen LogP contribution in [0.5, 0.6) is 6.01 Å². The molecular formula is C25H22ClN3O6S. The molecule has 0 amide bonds. The van der Waals surface area contributed by atoms with Crippen molar-refractivity contribution in [3.63, 3.8) is 0 Å². The maximum atomic E-state index is 12.2. The van der Waals surface area contributed by atoms with Crippen LogP contribution < -0.4 is 4.74 Å². The van der Waals surface area contributed by atoms with Gasteiger partial charge in [-0.05, 0) is 17.7 Å². The van der Waals surface area contributed by atoms with Gasteiger partial charge in [-0.3, -0.25) is 0 Å². The molecule has 186 valence electrons. The van der Waals surface area contributed by atoms with Crippen molar-refractivity contribution in [1.29, 1.82) is 0 Å². The molecule has 2 aliphatic rings. The van der Waals surface area contributed by atoms with Gasteiger partial charge in [0.2, 0.25) is 0 Å². The molecule has 2 aromatic carbocycles. The minimum atomic E-state index is -3.37. The highest BCUT2D eigenvalue weighted by molar-refractivity contribution is 7.90. The number of benzene rings is 2. The number of pyridine rings is 1. The van der Waals surface area contributed by atoms with Crippen LogP contribution in [0.1, 0.15) is 0 Å². The number of aromatic amines is 1. The molecule has 2 N–H and O–H groups in total. The lowest BCUT2D eigenvalue weighted by atomic mass is 10.0. The van der Waals surface area contributed by atoms with Crippen LogP contribution in [0, 0.1) is 0 Å². The van der Waals surface area contributed by atoms with Gasteiger partial charge in [-0.15, -0.1) is 0 Å². The SMILES string of the molecule is CS(=O)(=O)c1ccccc1-c1ccc(-c2nc3nc(O[C@@H]4CO[C@H]5[C@@H]4OC[C@H]5O)[nH]c3cc2Cl)cc1. The van der Waals surface area contributed by atoms with Gasteiger partial charge in [-0.2, -0.15) is 4.98 Å². The summed E-state index contributed by atoms with van der Waals surface area (Å²) in [6, 6.07) is 16.3. The van der Waals surface area contributed by atoms with Gasteiger partial charge in [-0.25, -0.2) is 13.4 Å². The van der Waals surface area contributed by atoms with Crippen LogP contribution >= 0.6 is 11.6 Å². The van der Waals surface area contributed by atoms with Gasteiger partial charge in [0.05, 0.1) is 34.3 Å². The van der Waals surface area contributed by atoms with E-state index in [1.165, 1.54) is 6.26 Å². The van der Waals surface area contributed by atoms with E-state index in [2.05, 4.69) is 15.0 Å². The number of H-pyrrole nitrogens is 1. The summed E-state index contributed by atoms with van der Waals surface area (Å²) < 4.78 is 41.5. The standard InChI is InChI=1S/C25H22ClN3O6S/c1-36(31,32)20-5-3-2-4-15(20)13-6-8-14(9-7-13)21-16(26)10-17-24(28-21)29-25(27-17)35-19-12-34-22-18(30)11-33-23(19)22/h2-10,18-19,22-23,30H,11-12H2,1H3,(H,27,28,29)/t18-,19-,22-,23-/m1/s1. The van der Waals surface area contributed by atoms with Gasteiger partial charge in [0.15, 0.2) is 21.6 Å². The number of imidazole rings is 1. The Morgan fingerprint density at radius 1 is 1.03 bits per heavy atom. The Morgan fingerprint density at radius 3 is 2.53 bits per heavy atom. The fraction of sp³-hybridized carbons (Fsp3) is 0.280. The third-order valence-electron chi connectivity index (χ3n) is 6.41. The second-order valence-electron chi connectivity index (χ2n) is 8.90. The largest absolute Gasteiger partial charge is 0.456 e. The Bertz CT molecular complexity index is 1560. The highest BCUT2D eigenvalue weighted by Gasteiger charge is 2.48. The first-order chi connectivity index (χ1) is 17.3. The van der Waals surface area contributed by atoms with Crippen LogP contribution in [0.3, 0.4) is 0 Å². The maximum Gasteiger partial charge on any atom is 0.296 e. The Morgan fingerprint density at radius 2 is 1.75 bits per heavy atom. The van der Waals surface area contributed by atoms with Crippen molar-refractivity contribution in [2.24, 2.45) is 0 Å². The van der Waals surface area contributed by atoms with E-state index in [0.717, 1.165) is 11.1 Å². The Hall–Kier alpha value is -3.02. The number of sulfone groups is 1. The number of rotatable bonds is 5. The number of nitrogens with one attached hydrogen (secondary N) is 1. The van der Waals surface area contributed by atoms with Gasteiger partial charge >= 0.3 is 0 Å². The Balaban J connectivity index is 1.28. The second-order valence-corrected chi connectivity index (χ2v) is 11.3. The molecule has 0 unspecified atom stereocenters. The fourth-order valence-electron chi connectivity index (χ4n) is 4.68. The number of hydrogen-bond acceptors (Lipinski definition) is 8. The molecular weight excluding hydrogens is 506 g/mol. The van der Waals surface area contributed by atoms with Crippen LogP contribution in [-0.2, 0) is 19.3 Å². The van der Waals surface area contributed by atoms with Crippen LogP contribution in [0.15, 0.2) is 59.5 Å². The minimum absolute atomic E-state index is 0.217. The summed E-state index contributed by atoms with van der Waals surface area (Å²) in [5.41, 5.74) is 3.74. The highest BCUT2D eigenvalue weighted by Crippen LogP contribution is 2.34. The zero-order chi connectivity index (χ0) is 25.0. The molecule has 4 atom stereocenters. The lowest BCUT2D eigenvalue weighted by molar-refractivity contribution is 0.00706. The number of ether oxygens (including phenoxy) is 3. The van der Waals surface area contributed by atoms with Crippen molar-refractivity contribution in [3.8, 4) is 28.4 Å². The summed E-state index contributed by atoms with van der Waals surface area (Å²) in [7, 11) is -3.37. The van der Waals surface area contributed by atoms with Crippen LogP contribution in [0.4, 0.5) is 0 Å². The number of hydrogen-bond donors (Lipinski definition) is 2. The van der Waals surface area contributed by atoms with Crippen molar-refractivity contribution in [2.45, 2.75) is 29.3 Å². The quantitative estimate of drug-likeness (QED) is 0.405. The number of halogens is 1. The van der Waals surface area contributed by atoms with E-state index in [1.54, 1.807) is 30.3 Å². The van der Waals surface area contributed by atoms with Crippen LogP contribution in [0.25, 0.3) is 33.5 Å². The predicted octanol–water partition coefficient (Wildman–Crippen LogP) is 3.25. The van der Waals surface area contributed by atoms with E-state index in [4.69, 9.17) is 25.8 Å². The highest BCUT2D eigenvalue weighted by atomic mass is 35.5. The molecule has 2 aliphatic heterocycles. The zero-order valence-electron chi connectivity index (χ0n) is 19.1. The molecule has 0 bridgehead atoms. The average molecular weight is 528 g/mol. The Labute approximate surface area is 211 Å². The minimum Gasteiger partial charge on any atom is -0.456 e. The van der Waals surface area contributed by atoms with Gasteiger partial charge in [0, 0.05) is 17.4 Å². The van der Waals surface area contributed by atoms with Crippen LogP contribution in [-0.4, -0.2) is 72.4 Å². The lowest BCUT2D eigenvalue weighted by Crippen LogP contribution is -2.34. The summed E-state index contributed by atoms with van der Waals surface area (Å²) in [5.74, 6) is 0. The molecule has 6 rings (SSSR count). The normalized spacial score (nSPS) is 23.8. The molecule has 4 aromatic rings. The van der Waals surface area contributed by atoms with E-state index in [1.807, 2.05) is 24.3 Å². The molecule has 2 fully saturated rings. The van der Waals surface area contributed by atoms with E-state index in [-0.39, 0.29) is 30.2 Å². The van der Waals surface area contributed by atoms with E-state index in [0.29, 0.717) is 27.4 Å². The van der Waals surface area contributed by atoms with Crippen molar-refractivity contribution in [3.05, 3.63) is 59.6 Å². The third-order valence-corrected chi connectivity index (χ3v) is 7.85.